The zero-order valence-corrected chi connectivity index (χ0v) is 10.2. The highest BCUT2D eigenvalue weighted by atomic mass is 35.5. The molecule has 0 aliphatic heterocycles. The number of esters is 1. The quantitative estimate of drug-likeness (QED) is 0.757. The van der Waals surface area contributed by atoms with E-state index in [1.165, 1.54) is 18.2 Å². The lowest BCUT2D eigenvalue weighted by Crippen LogP contribution is -2.18. The van der Waals surface area contributed by atoms with E-state index in [1.54, 1.807) is 0 Å². The Kier molecular flexibility index (Phi) is 3.32. The number of hydrogen-bond acceptors (Lipinski definition) is 4. The van der Waals surface area contributed by atoms with Crippen LogP contribution in [0.15, 0.2) is 18.2 Å². The van der Waals surface area contributed by atoms with Gasteiger partial charge in [-0.05, 0) is 18.2 Å². The van der Waals surface area contributed by atoms with E-state index < -0.39 is 23.5 Å². The predicted molar refractivity (Wildman–Crippen MR) is 60.9 cm³/mol. The molecule has 0 aliphatic rings. The first-order valence-electron chi connectivity index (χ1n) is 4.95. The molecule has 0 aliphatic carbocycles. The van der Waals surface area contributed by atoms with Gasteiger partial charge < -0.3 is 4.74 Å². The second-order valence-electron chi connectivity index (χ2n) is 3.54. The highest BCUT2D eigenvalue weighted by Crippen LogP contribution is 2.31. The van der Waals surface area contributed by atoms with Crippen molar-refractivity contribution in [2.75, 3.05) is 7.11 Å². The fourth-order valence-electron chi connectivity index (χ4n) is 1.46. The van der Waals surface area contributed by atoms with Gasteiger partial charge in [-0.15, -0.1) is 0 Å². The zero-order valence-electron chi connectivity index (χ0n) is 9.45. The third-order valence-corrected chi connectivity index (χ3v) is 2.51. The number of carbonyl (C=O) groups excluding carboxylic acids is 1. The summed E-state index contributed by atoms with van der Waals surface area (Å²) in [6, 6.07) is 3.99. The Balaban J connectivity index is 2.78. The lowest BCUT2D eigenvalue weighted by atomic mass is 10.2. The zero-order chi connectivity index (χ0) is 14.2. The van der Waals surface area contributed by atoms with Crippen molar-refractivity contribution in [3.05, 3.63) is 34.6 Å². The fourth-order valence-corrected chi connectivity index (χ4v) is 1.63. The standard InChI is InChI=1S/C11H6ClF3N2O2/c1-19-10(18)8-9(11(13,14)15)17-6-3-2-5(12)4-7(6)16-8/h2-4H,1H3. The highest BCUT2D eigenvalue weighted by molar-refractivity contribution is 6.31. The summed E-state index contributed by atoms with van der Waals surface area (Å²) in [4.78, 5) is 18.4. The Morgan fingerprint density at radius 1 is 1.26 bits per heavy atom. The summed E-state index contributed by atoms with van der Waals surface area (Å²) >= 11 is 5.71. The molecule has 100 valence electrons. The first-order chi connectivity index (χ1) is 8.82. The molecule has 0 bridgehead atoms. The maximum absolute atomic E-state index is 12.8. The summed E-state index contributed by atoms with van der Waals surface area (Å²) < 4.78 is 42.7. The number of alkyl halides is 3. The van der Waals surface area contributed by atoms with Crippen LogP contribution in [0.5, 0.6) is 0 Å². The van der Waals surface area contributed by atoms with Crippen LogP contribution < -0.4 is 0 Å². The van der Waals surface area contributed by atoms with Crippen LogP contribution >= 0.6 is 11.6 Å². The molecular weight excluding hydrogens is 285 g/mol. The molecule has 0 saturated carbocycles. The van der Waals surface area contributed by atoms with Gasteiger partial charge in [-0.3, -0.25) is 0 Å². The van der Waals surface area contributed by atoms with Crippen molar-refractivity contribution in [3.8, 4) is 0 Å². The second-order valence-corrected chi connectivity index (χ2v) is 3.98. The van der Waals surface area contributed by atoms with E-state index in [-0.39, 0.29) is 16.1 Å². The van der Waals surface area contributed by atoms with Crippen LogP contribution in [0.2, 0.25) is 5.02 Å². The average molecular weight is 291 g/mol. The molecule has 1 aromatic carbocycles. The maximum Gasteiger partial charge on any atom is 0.435 e. The summed E-state index contributed by atoms with van der Waals surface area (Å²) in [7, 11) is 0.965. The van der Waals surface area contributed by atoms with Crippen LogP contribution in [0.1, 0.15) is 16.2 Å². The smallest absolute Gasteiger partial charge is 0.435 e. The Hall–Kier alpha value is -1.89. The molecule has 4 nitrogen and oxygen atoms in total. The van der Waals surface area contributed by atoms with Crippen LogP contribution in [-0.2, 0) is 10.9 Å². The maximum atomic E-state index is 12.8. The van der Waals surface area contributed by atoms with Crippen molar-refractivity contribution in [3.63, 3.8) is 0 Å². The first-order valence-corrected chi connectivity index (χ1v) is 5.33. The number of rotatable bonds is 1. The van der Waals surface area contributed by atoms with Gasteiger partial charge >= 0.3 is 12.1 Å². The first kappa shape index (κ1) is 13.5. The topological polar surface area (TPSA) is 52.1 Å². The molecular formula is C11H6ClF3N2O2. The van der Waals surface area contributed by atoms with Gasteiger partial charge in [-0.1, -0.05) is 11.6 Å². The molecule has 0 saturated heterocycles. The molecule has 0 N–H and O–H groups in total. The van der Waals surface area contributed by atoms with Crippen LogP contribution in [0, 0.1) is 0 Å². The number of fused-ring (bicyclic) bond motifs is 1. The van der Waals surface area contributed by atoms with Gasteiger partial charge in [0.15, 0.2) is 11.4 Å². The second kappa shape index (κ2) is 4.65. The van der Waals surface area contributed by atoms with E-state index in [0.29, 0.717) is 0 Å². The summed E-state index contributed by atoms with van der Waals surface area (Å²) in [5.41, 5.74) is -2.19. The lowest BCUT2D eigenvalue weighted by molar-refractivity contribution is -0.141. The van der Waals surface area contributed by atoms with Crippen LogP contribution in [0.25, 0.3) is 11.0 Å². The molecule has 0 radical (unpaired) electrons. The number of ether oxygens (including phenoxy) is 1. The monoisotopic (exact) mass is 290 g/mol. The number of carbonyl (C=O) groups is 1. The van der Waals surface area contributed by atoms with Crippen LogP contribution in [-0.4, -0.2) is 23.0 Å². The molecule has 2 rings (SSSR count). The predicted octanol–water partition coefficient (Wildman–Crippen LogP) is 3.09. The minimum atomic E-state index is -4.80. The molecule has 8 heteroatoms. The molecule has 0 unspecified atom stereocenters. The Morgan fingerprint density at radius 2 is 1.95 bits per heavy atom. The molecule has 1 aromatic heterocycles. The van der Waals surface area contributed by atoms with Crippen molar-refractivity contribution in [2.45, 2.75) is 6.18 Å². The number of nitrogens with zero attached hydrogens (tertiary/aromatic N) is 2. The molecule has 1 heterocycles. The summed E-state index contributed by atoms with van der Waals surface area (Å²) in [6.45, 7) is 0. The van der Waals surface area contributed by atoms with Crippen LogP contribution in [0.4, 0.5) is 13.2 Å². The Labute approximate surface area is 110 Å². The largest absolute Gasteiger partial charge is 0.464 e. The minimum Gasteiger partial charge on any atom is -0.464 e. The van der Waals surface area contributed by atoms with Gasteiger partial charge in [0.05, 0.1) is 18.1 Å². The number of hydrogen-bond donors (Lipinski definition) is 0. The lowest BCUT2D eigenvalue weighted by Gasteiger charge is -2.10. The molecule has 0 amide bonds. The van der Waals surface area contributed by atoms with Crippen molar-refractivity contribution in [1.82, 2.24) is 9.97 Å². The fraction of sp³-hybridized carbons (Fsp3) is 0.182. The molecule has 19 heavy (non-hydrogen) atoms. The van der Waals surface area contributed by atoms with Gasteiger partial charge in [0.25, 0.3) is 0 Å². The van der Waals surface area contributed by atoms with E-state index >= 15 is 0 Å². The van der Waals surface area contributed by atoms with E-state index in [0.717, 1.165) is 7.11 Å². The van der Waals surface area contributed by atoms with E-state index in [4.69, 9.17) is 11.6 Å². The van der Waals surface area contributed by atoms with Gasteiger partial charge in [-0.25, -0.2) is 14.8 Å². The van der Waals surface area contributed by atoms with Crippen molar-refractivity contribution in [2.24, 2.45) is 0 Å². The SMILES string of the molecule is COC(=O)c1nc2cc(Cl)ccc2nc1C(F)(F)F. The minimum absolute atomic E-state index is 0.00984. The van der Waals surface area contributed by atoms with Gasteiger partial charge in [0, 0.05) is 5.02 Å². The normalized spacial score (nSPS) is 11.6. The summed E-state index contributed by atoms with van der Waals surface area (Å²) in [6.07, 6.45) is -4.80. The van der Waals surface area contributed by atoms with Crippen LogP contribution in [0.3, 0.4) is 0 Å². The van der Waals surface area contributed by atoms with E-state index in [9.17, 15) is 18.0 Å². The molecule has 2 aromatic rings. The third kappa shape index (κ3) is 2.60. The van der Waals surface area contributed by atoms with E-state index in [2.05, 4.69) is 14.7 Å². The van der Waals surface area contributed by atoms with Crippen molar-refractivity contribution in [1.29, 1.82) is 0 Å². The Morgan fingerprint density at radius 3 is 2.53 bits per heavy atom. The molecule has 0 spiro atoms. The summed E-state index contributed by atoms with van der Waals surface area (Å²) in [5, 5.41) is 0.275. The van der Waals surface area contributed by atoms with E-state index in [1.807, 2.05) is 0 Å². The Bertz CT molecular complexity index is 658. The number of methoxy groups -OCH3 is 1. The van der Waals surface area contributed by atoms with Gasteiger partial charge in [0.2, 0.25) is 0 Å². The molecule has 0 fully saturated rings. The number of aromatic nitrogens is 2. The average Bonchev–Trinajstić information content (AvgIpc) is 2.35. The number of benzene rings is 1. The number of halogens is 4. The van der Waals surface area contributed by atoms with Gasteiger partial charge in [0.1, 0.15) is 0 Å². The molecule has 0 atom stereocenters. The highest BCUT2D eigenvalue weighted by Gasteiger charge is 2.39. The van der Waals surface area contributed by atoms with Crippen molar-refractivity contribution < 1.29 is 22.7 Å². The summed E-state index contributed by atoms with van der Waals surface area (Å²) in [5.74, 6) is -1.21. The van der Waals surface area contributed by atoms with Crippen molar-refractivity contribution >= 4 is 28.6 Å². The third-order valence-electron chi connectivity index (χ3n) is 2.27. The van der Waals surface area contributed by atoms with Gasteiger partial charge in [-0.2, -0.15) is 13.2 Å².